The van der Waals surface area contributed by atoms with E-state index in [-0.39, 0.29) is 6.04 Å². The third kappa shape index (κ3) is 3.84. The van der Waals surface area contributed by atoms with Crippen molar-refractivity contribution < 1.29 is 0 Å². The van der Waals surface area contributed by atoms with Crippen molar-refractivity contribution in [3.05, 3.63) is 65.2 Å². The van der Waals surface area contributed by atoms with Crippen LogP contribution in [0.25, 0.3) is 0 Å². The SMILES string of the molecule is CCC(N)c1ccc(N(C)Cc2cccc(C#N)c2)cc1. The monoisotopic (exact) mass is 279 g/mol. The number of benzene rings is 2. The van der Waals surface area contributed by atoms with Crippen molar-refractivity contribution in [2.24, 2.45) is 5.73 Å². The number of nitrogens with zero attached hydrogens (tertiary/aromatic N) is 2. The molecule has 3 heteroatoms. The van der Waals surface area contributed by atoms with Crippen molar-refractivity contribution in [3.63, 3.8) is 0 Å². The summed E-state index contributed by atoms with van der Waals surface area (Å²) in [6, 6.07) is 18.4. The van der Waals surface area contributed by atoms with Crippen molar-refractivity contribution in [1.82, 2.24) is 0 Å². The number of rotatable bonds is 5. The Morgan fingerprint density at radius 2 is 1.90 bits per heavy atom. The second kappa shape index (κ2) is 6.92. The second-order valence-electron chi connectivity index (χ2n) is 5.27. The molecule has 2 rings (SSSR count). The Morgan fingerprint density at radius 3 is 2.52 bits per heavy atom. The Morgan fingerprint density at radius 1 is 1.19 bits per heavy atom. The predicted octanol–water partition coefficient (Wildman–Crippen LogP) is 3.60. The lowest BCUT2D eigenvalue weighted by molar-refractivity contribution is 0.698. The fourth-order valence-corrected chi connectivity index (χ4v) is 2.32. The summed E-state index contributed by atoms with van der Waals surface area (Å²) >= 11 is 0. The van der Waals surface area contributed by atoms with Crippen LogP contribution >= 0.6 is 0 Å². The Bertz CT molecular complexity index is 626. The van der Waals surface area contributed by atoms with Crippen LogP contribution in [0.4, 0.5) is 5.69 Å². The molecule has 108 valence electrons. The first-order chi connectivity index (χ1) is 10.1. The van der Waals surface area contributed by atoms with Crippen molar-refractivity contribution >= 4 is 5.69 Å². The van der Waals surface area contributed by atoms with E-state index in [1.54, 1.807) is 0 Å². The Hall–Kier alpha value is -2.31. The van der Waals surface area contributed by atoms with Gasteiger partial charge in [0.25, 0.3) is 0 Å². The van der Waals surface area contributed by atoms with Gasteiger partial charge in [0.05, 0.1) is 11.6 Å². The first-order valence-electron chi connectivity index (χ1n) is 7.19. The lowest BCUT2D eigenvalue weighted by Gasteiger charge is -2.20. The van der Waals surface area contributed by atoms with Crippen LogP contribution in [0.15, 0.2) is 48.5 Å². The average Bonchev–Trinajstić information content (AvgIpc) is 2.54. The molecule has 0 saturated heterocycles. The minimum Gasteiger partial charge on any atom is -0.370 e. The zero-order valence-electron chi connectivity index (χ0n) is 12.6. The van der Waals surface area contributed by atoms with Gasteiger partial charge in [-0.2, -0.15) is 5.26 Å². The van der Waals surface area contributed by atoms with Crippen LogP contribution in [0.2, 0.25) is 0 Å². The van der Waals surface area contributed by atoms with Crippen LogP contribution in [0.1, 0.15) is 36.1 Å². The summed E-state index contributed by atoms with van der Waals surface area (Å²) in [7, 11) is 2.05. The van der Waals surface area contributed by atoms with Gasteiger partial charge in [-0.05, 0) is 41.8 Å². The summed E-state index contributed by atoms with van der Waals surface area (Å²) in [6.45, 7) is 2.86. The molecule has 3 nitrogen and oxygen atoms in total. The summed E-state index contributed by atoms with van der Waals surface area (Å²) in [6.07, 6.45) is 0.941. The Labute approximate surface area is 126 Å². The van der Waals surface area contributed by atoms with Crippen LogP contribution < -0.4 is 10.6 Å². The summed E-state index contributed by atoms with van der Waals surface area (Å²) in [5, 5.41) is 8.94. The van der Waals surface area contributed by atoms with Crippen molar-refractivity contribution in [2.45, 2.75) is 25.9 Å². The lowest BCUT2D eigenvalue weighted by Crippen LogP contribution is -2.16. The van der Waals surface area contributed by atoms with E-state index < -0.39 is 0 Å². The van der Waals surface area contributed by atoms with E-state index in [1.165, 1.54) is 5.56 Å². The predicted molar refractivity (Wildman–Crippen MR) is 86.9 cm³/mol. The molecule has 0 aliphatic heterocycles. The van der Waals surface area contributed by atoms with E-state index in [4.69, 9.17) is 11.0 Å². The number of nitriles is 1. The summed E-state index contributed by atoms with van der Waals surface area (Å²) in [5.41, 5.74) is 10.2. The summed E-state index contributed by atoms with van der Waals surface area (Å²) in [5.74, 6) is 0. The first kappa shape index (κ1) is 15.1. The highest BCUT2D eigenvalue weighted by Crippen LogP contribution is 2.20. The molecule has 0 radical (unpaired) electrons. The number of anilines is 1. The number of hydrogen-bond donors (Lipinski definition) is 1. The third-order valence-electron chi connectivity index (χ3n) is 3.68. The van der Waals surface area contributed by atoms with Gasteiger partial charge < -0.3 is 10.6 Å². The van der Waals surface area contributed by atoms with Gasteiger partial charge >= 0.3 is 0 Å². The van der Waals surface area contributed by atoms with Crippen LogP contribution in [0, 0.1) is 11.3 Å². The molecule has 1 unspecified atom stereocenters. The second-order valence-corrected chi connectivity index (χ2v) is 5.27. The van der Waals surface area contributed by atoms with Gasteiger partial charge in [-0.15, -0.1) is 0 Å². The smallest absolute Gasteiger partial charge is 0.0991 e. The lowest BCUT2D eigenvalue weighted by atomic mass is 10.0. The van der Waals surface area contributed by atoms with E-state index in [1.807, 2.05) is 31.3 Å². The standard InChI is InChI=1S/C18H21N3/c1-3-18(20)16-7-9-17(10-8-16)21(2)13-15-6-4-5-14(11-15)12-19/h4-11,18H,3,13,20H2,1-2H3. The van der Waals surface area contributed by atoms with E-state index in [2.05, 4.69) is 42.2 Å². The molecule has 0 fully saturated rings. The zero-order chi connectivity index (χ0) is 15.2. The number of nitrogens with two attached hydrogens (primary N) is 1. The topological polar surface area (TPSA) is 53.0 Å². The minimum absolute atomic E-state index is 0.108. The maximum absolute atomic E-state index is 8.94. The molecule has 21 heavy (non-hydrogen) atoms. The number of hydrogen-bond acceptors (Lipinski definition) is 3. The Balaban J connectivity index is 2.09. The van der Waals surface area contributed by atoms with E-state index >= 15 is 0 Å². The average molecular weight is 279 g/mol. The molecule has 0 aliphatic rings. The van der Waals surface area contributed by atoms with Gasteiger partial charge in [-0.25, -0.2) is 0 Å². The van der Waals surface area contributed by atoms with Crippen LogP contribution in [0.3, 0.4) is 0 Å². The van der Waals surface area contributed by atoms with Crippen LogP contribution in [-0.4, -0.2) is 7.05 Å². The molecule has 0 aromatic heterocycles. The van der Waals surface area contributed by atoms with Gasteiger partial charge in [-0.3, -0.25) is 0 Å². The Kier molecular flexibility index (Phi) is 4.97. The maximum Gasteiger partial charge on any atom is 0.0991 e. The highest BCUT2D eigenvalue weighted by molar-refractivity contribution is 5.48. The van der Waals surface area contributed by atoms with E-state index in [9.17, 15) is 0 Å². The van der Waals surface area contributed by atoms with Gasteiger partial charge in [0, 0.05) is 25.3 Å². The van der Waals surface area contributed by atoms with Crippen molar-refractivity contribution in [2.75, 3.05) is 11.9 Å². The van der Waals surface area contributed by atoms with Crippen LogP contribution in [-0.2, 0) is 6.54 Å². The molecule has 2 aromatic rings. The van der Waals surface area contributed by atoms with Gasteiger partial charge in [0.1, 0.15) is 0 Å². The van der Waals surface area contributed by atoms with Gasteiger partial charge in [0.15, 0.2) is 0 Å². The molecule has 1 atom stereocenters. The van der Waals surface area contributed by atoms with Crippen LogP contribution in [0.5, 0.6) is 0 Å². The third-order valence-corrected chi connectivity index (χ3v) is 3.68. The maximum atomic E-state index is 8.94. The first-order valence-corrected chi connectivity index (χ1v) is 7.19. The van der Waals surface area contributed by atoms with Gasteiger partial charge in [0.2, 0.25) is 0 Å². The van der Waals surface area contributed by atoms with Gasteiger partial charge in [-0.1, -0.05) is 31.2 Å². The molecule has 2 aromatic carbocycles. The molecule has 0 bridgehead atoms. The molecule has 0 amide bonds. The quantitative estimate of drug-likeness (QED) is 0.909. The zero-order valence-corrected chi connectivity index (χ0v) is 12.6. The molecule has 0 heterocycles. The largest absolute Gasteiger partial charge is 0.370 e. The fraction of sp³-hybridized carbons (Fsp3) is 0.278. The molecular weight excluding hydrogens is 258 g/mol. The molecule has 0 spiro atoms. The highest BCUT2D eigenvalue weighted by Gasteiger charge is 2.06. The highest BCUT2D eigenvalue weighted by atomic mass is 15.1. The normalized spacial score (nSPS) is 11.7. The molecular formula is C18H21N3. The molecule has 2 N–H and O–H groups in total. The van der Waals surface area contributed by atoms with Crippen molar-refractivity contribution in [1.29, 1.82) is 5.26 Å². The van der Waals surface area contributed by atoms with Crippen molar-refractivity contribution in [3.8, 4) is 6.07 Å². The summed E-state index contributed by atoms with van der Waals surface area (Å²) in [4.78, 5) is 2.16. The van der Waals surface area contributed by atoms with E-state index in [0.29, 0.717) is 5.56 Å². The molecule has 0 saturated carbocycles. The molecule has 0 aliphatic carbocycles. The summed E-state index contributed by atoms with van der Waals surface area (Å²) < 4.78 is 0. The minimum atomic E-state index is 0.108. The fourth-order valence-electron chi connectivity index (χ4n) is 2.32. The van der Waals surface area contributed by atoms with E-state index in [0.717, 1.165) is 24.2 Å².